The summed E-state index contributed by atoms with van der Waals surface area (Å²) >= 11 is 1.66. The largest absolute Gasteiger partial charge is 0.184 e. The SMILES string of the molecule is N#CSS1=CSC=C1. The van der Waals surface area contributed by atoms with Crippen molar-refractivity contribution in [3.63, 3.8) is 0 Å². The predicted molar refractivity (Wildman–Crippen MR) is 43.6 cm³/mol. The fourth-order valence-electron chi connectivity index (χ4n) is 0.296. The first kappa shape index (κ1) is 6.27. The summed E-state index contributed by atoms with van der Waals surface area (Å²) in [7, 11) is 1.39. The van der Waals surface area contributed by atoms with Crippen molar-refractivity contribution in [2.24, 2.45) is 0 Å². The van der Waals surface area contributed by atoms with Gasteiger partial charge in [-0.25, -0.2) is 0 Å². The van der Waals surface area contributed by atoms with Gasteiger partial charge in [0.2, 0.25) is 0 Å². The Kier molecular flexibility index (Phi) is 2.53. The highest BCUT2D eigenvalue weighted by molar-refractivity contribution is 8.88. The quantitative estimate of drug-likeness (QED) is 0.335. The molecule has 1 atom stereocenters. The van der Waals surface area contributed by atoms with E-state index in [9.17, 15) is 0 Å². The zero-order chi connectivity index (χ0) is 5.82. The molecule has 0 saturated heterocycles. The Bertz CT molecular complexity index is 176. The molecule has 0 bridgehead atoms. The lowest BCUT2D eigenvalue weighted by atomic mass is 11.3. The number of nitrogens with zero attached hydrogens (tertiary/aromatic N) is 1. The highest BCUT2D eigenvalue weighted by Gasteiger charge is 1.93. The van der Waals surface area contributed by atoms with Crippen molar-refractivity contribution in [2.45, 2.75) is 0 Å². The minimum absolute atomic E-state index is 0.0856. The third-order valence-electron chi connectivity index (χ3n) is 0.552. The van der Waals surface area contributed by atoms with Gasteiger partial charge in [0.1, 0.15) is 5.40 Å². The molecule has 1 unspecified atom stereocenters. The van der Waals surface area contributed by atoms with Crippen LogP contribution in [0.25, 0.3) is 0 Å². The molecule has 1 aliphatic heterocycles. The Labute approximate surface area is 58.5 Å². The summed E-state index contributed by atoms with van der Waals surface area (Å²) in [5.41, 5.74) is 0. The van der Waals surface area contributed by atoms with E-state index in [2.05, 4.69) is 4.70 Å². The molecule has 8 heavy (non-hydrogen) atoms. The number of rotatable bonds is 1. The standard InChI is InChI=1S/C4H3NS3/c5-3-7-8-2-1-6-4-8/h1-2,4H. The molecule has 0 spiro atoms. The van der Waals surface area contributed by atoms with Gasteiger partial charge in [-0.3, -0.25) is 0 Å². The lowest BCUT2D eigenvalue weighted by Crippen LogP contribution is -1.46. The number of thioether (sulfide) groups is 1. The first-order valence-corrected chi connectivity index (χ1v) is 5.50. The van der Waals surface area contributed by atoms with Gasteiger partial charge >= 0.3 is 0 Å². The molecule has 1 rings (SSSR count). The average Bonchev–Trinajstić information content (AvgIpc) is 2.19. The van der Waals surface area contributed by atoms with Gasteiger partial charge < -0.3 is 0 Å². The molecule has 0 aromatic heterocycles. The van der Waals surface area contributed by atoms with E-state index in [0.29, 0.717) is 0 Å². The van der Waals surface area contributed by atoms with Crippen molar-refractivity contribution in [1.82, 2.24) is 0 Å². The van der Waals surface area contributed by atoms with Gasteiger partial charge in [0.25, 0.3) is 0 Å². The van der Waals surface area contributed by atoms with E-state index in [1.54, 1.807) is 11.8 Å². The lowest BCUT2D eigenvalue weighted by Gasteiger charge is -1.82. The third-order valence-corrected chi connectivity index (χ3v) is 4.73. The molecule has 1 aliphatic rings. The van der Waals surface area contributed by atoms with Crippen LogP contribution in [0.3, 0.4) is 0 Å². The zero-order valence-corrected chi connectivity index (χ0v) is 6.35. The van der Waals surface area contributed by atoms with Gasteiger partial charge in [-0.05, 0) is 10.8 Å². The van der Waals surface area contributed by atoms with Crippen LogP contribution in [0.5, 0.6) is 0 Å². The molecule has 0 N–H and O–H groups in total. The van der Waals surface area contributed by atoms with Crippen LogP contribution < -0.4 is 0 Å². The van der Waals surface area contributed by atoms with Gasteiger partial charge in [0.05, 0.1) is 0 Å². The maximum absolute atomic E-state index is 8.18. The van der Waals surface area contributed by atoms with Crippen LogP contribution in [0.2, 0.25) is 0 Å². The Morgan fingerprint density at radius 3 is 3.12 bits per heavy atom. The van der Waals surface area contributed by atoms with E-state index in [-0.39, 0.29) is 9.52 Å². The van der Waals surface area contributed by atoms with E-state index < -0.39 is 0 Å². The van der Waals surface area contributed by atoms with Gasteiger partial charge in [-0.1, -0.05) is 21.3 Å². The van der Waals surface area contributed by atoms with Crippen molar-refractivity contribution in [3.05, 3.63) is 10.8 Å². The molecule has 0 saturated carbocycles. The molecule has 42 valence electrons. The van der Waals surface area contributed by atoms with E-state index in [1.807, 2.05) is 16.2 Å². The lowest BCUT2D eigenvalue weighted by molar-refractivity contribution is 1.57. The maximum Gasteiger partial charge on any atom is 0.144 e. The van der Waals surface area contributed by atoms with Crippen LogP contribution in [0.4, 0.5) is 0 Å². The van der Waals surface area contributed by atoms with Gasteiger partial charge in [0.15, 0.2) is 0 Å². The maximum atomic E-state index is 8.18. The molecule has 0 radical (unpaired) electrons. The van der Waals surface area contributed by atoms with Crippen molar-refractivity contribution in [1.29, 1.82) is 5.26 Å². The summed E-state index contributed by atoms with van der Waals surface area (Å²) in [6.45, 7) is 0. The van der Waals surface area contributed by atoms with Crippen molar-refractivity contribution >= 4 is 36.8 Å². The molecule has 0 aromatic rings. The van der Waals surface area contributed by atoms with E-state index >= 15 is 0 Å². The summed E-state index contributed by atoms with van der Waals surface area (Å²) in [5, 5.41) is 14.3. The molecule has 0 amide bonds. The summed E-state index contributed by atoms with van der Waals surface area (Å²) in [6, 6.07) is 0. The van der Waals surface area contributed by atoms with Crippen LogP contribution in [0.1, 0.15) is 0 Å². The molecule has 1 nitrogen and oxygen atoms in total. The summed E-state index contributed by atoms with van der Waals surface area (Å²) in [5.74, 6) is 0. The van der Waals surface area contributed by atoms with Crippen LogP contribution in [0, 0.1) is 10.7 Å². The number of nitriles is 1. The molecule has 0 aliphatic carbocycles. The first-order chi connectivity index (χ1) is 3.93. The number of hydrogen-bond acceptors (Lipinski definition) is 3. The second-order valence-electron chi connectivity index (χ2n) is 1.01. The molecular formula is C4H3NS3. The molecule has 1 heterocycles. The second kappa shape index (κ2) is 3.23. The van der Waals surface area contributed by atoms with Crippen molar-refractivity contribution in [2.75, 3.05) is 0 Å². The zero-order valence-electron chi connectivity index (χ0n) is 3.90. The number of hydrogen-bond donors (Lipinski definition) is 0. The van der Waals surface area contributed by atoms with E-state index in [1.165, 1.54) is 10.8 Å². The first-order valence-electron chi connectivity index (χ1n) is 1.87. The molecule has 0 aromatic carbocycles. The smallest absolute Gasteiger partial charge is 0.144 e. The number of thiocyanates is 1. The van der Waals surface area contributed by atoms with E-state index in [0.717, 1.165) is 0 Å². The average molecular weight is 161 g/mol. The summed E-state index contributed by atoms with van der Waals surface area (Å²) in [4.78, 5) is 0. The van der Waals surface area contributed by atoms with Crippen molar-refractivity contribution in [3.8, 4) is 5.40 Å². The Morgan fingerprint density at radius 1 is 1.75 bits per heavy atom. The fourth-order valence-corrected chi connectivity index (χ4v) is 3.84. The summed E-state index contributed by atoms with van der Waals surface area (Å²) in [6.07, 6.45) is 0. The minimum atomic E-state index is 0.0856. The van der Waals surface area contributed by atoms with Gasteiger partial charge in [-0.2, -0.15) is 5.26 Å². The van der Waals surface area contributed by atoms with E-state index in [4.69, 9.17) is 5.26 Å². The van der Waals surface area contributed by atoms with Gasteiger partial charge in [-0.15, -0.1) is 0 Å². The molecule has 4 heteroatoms. The Hall–Kier alpha value is 0.150. The van der Waals surface area contributed by atoms with Crippen molar-refractivity contribution < 1.29 is 0 Å². The third kappa shape index (κ3) is 1.58. The monoisotopic (exact) mass is 161 g/mol. The highest BCUT2D eigenvalue weighted by atomic mass is 33.1. The summed E-state index contributed by atoms with van der Waals surface area (Å²) < 4.78 is 2.06. The highest BCUT2D eigenvalue weighted by Crippen LogP contribution is 2.36. The minimum Gasteiger partial charge on any atom is -0.184 e. The normalized spacial score (nSPS) is 24.6. The second-order valence-corrected chi connectivity index (χ2v) is 5.25. The predicted octanol–water partition coefficient (Wildman–Crippen LogP) is 2.36. The topological polar surface area (TPSA) is 23.8 Å². The van der Waals surface area contributed by atoms with Gasteiger partial charge in [0, 0.05) is 15.5 Å². The fraction of sp³-hybridized carbons (Fsp3) is 0. The van der Waals surface area contributed by atoms with Crippen LogP contribution in [0.15, 0.2) is 10.8 Å². The molecule has 0 fully saturated rings. The van der Waals surface area contributed by atoms with Crippen LogP contribution >= 0.6 is 32.1 Å². The van der Waals surface area contributed by atoms with Crippen LogP contribution in [-0.4, -0.2) is 4.70 Å². The Morgan fingerprint density at radius 2 is 2.62 bits per heavy atom. The Balaban J connectivity index is 2.49. The van der Waals surface area contributed by atoms with Crippen LogP contribution in [-0.2, 0) is 0 Å². The molecular weight excluding hydrogens is 158 g/mol.